The highest BCUT2D eigenvalue weighted by Crippen LogP contribution is 2.36. The van der Waals surface area contributed by atoms with Crippen LogP contribution in [0, 0.1) is 0 Å². The number of ether oxygens (including phenoxy) is 2. The Morgan fingerprint density at radius 1 is 1.22 bits per heavy atom. The van der Waals surface area contributed by atoms with Gasteiger partial charge in [-0.3, -0.25) is 4.90 Å². The number of piperazine rings is 1. The molecular formula is C13H18N2O3. The second kappa shape index (κ2) is 4.76. The molecule has 0 aromatic heterocycles. The summed E-state index contributed by atoms with van der Waals surface area (Å²) < 4.78 is 11.8. The van der Waals surface area contributed by atoms with Crippen LogP contribution >= 0.6 is 0 Å². The fourth-order valence-electron chi connectivity index (χ4n) is 2.48. The molecule has 1 fully saturated rings. The van der Waals surface area contributed by atoms with Gasteiger partial charge in [-0.15, -0.1) is 0 Å². The maximum Gasteiger partial charge on any atom is 0.220 e. The summed E-state index contributed by atoms with van der Waals surface area (Å²) >= 11 is 0. The Morgan fingerprint density at radius 2 is 1.94 bits per heavy atom. The van der Waals surface area contributed by atoms with Crippen LogP contribution in [0.15, 0.2) is 24.3 Å². The number of aliphatic hydroxyl groups is 1. The summed E-state index contributed by atoms with van der Waals surface area (Å²) in [5, 5.41) is 13.0. The van der Waals surface area contributed by atoms with Crippen molar-refractivity contribution in [2.24, 2.45) is 0 Å². The number of rotatable bonds is 2. The standard InChI is InChI=1S/C13H18N2O3/c16-9-13(15-7-5-14-6-8-15)10-17-11-3-1-2-4-12(11)18-13/h1-4,14,16H,5-10H2. The lowest BCUT2D eigenvalue weighted by Crippen LogP contribution is -2.65. The number of benzene rings is 1. The highest BCUT2D eigenvalue weighted by atomic mass is 16.6. The van der Waals surface area contributed by atoms with Crippen LogP contribution in [0.3, 0.4) is 0 Å². The van der Waals surface area contributed by atoms with Crippen molar-refractivity contribution >= 4 is 0 Å². The molecule has 0 saturated carbocycles. The Hall–Kier alpha value is -1.30. The molecule has 98 valence electrons. The van der Waals surface area contributed by atoms with E-state index in [1.807, 2.05) is 24.3 Å². The molecule has 5 heteroatoms. The Kier molecular flexibility index (Phi) is 3.11. The molecule has 1 saturated heterocycles. The maximum atomic E-state index is 9.75. The third-order valence-electron chi connectivity index (χ3n) is 3.54. The van der Waals surface area contributed by atoms with Crippen molar-refractivity contribution in [3.05, 3.63) is 24.3 Å². The fraction of sp³-hybridized carbons (Fsp3) is 0.538. The second-order valence-electron chi connectivity index (χ2n) is 4.68. The molecule has 0 bridgehead atoms. The number of nitrogens with zero attached hydrogens (tertiary/aromatic N) is 1. The molecule has 0 spiro atoms. The van der Waals surface area contributed by atoms with Gasteiger partial charge in [-0.05, 0) is 12.1 Å². The Bertz CT molecular complexity index is 420. The summed E-state index contributed by atoms with van der Waals surface area (Å²) in [6.45, 7) is 3.82. The molecule has 1 aromatic carbocycles. The van der Waals surface area contributed by atoms with E-state index in [9.17, 15) is 5.11 Å². The first-order valence-electron chi connectivity index (χ1n) is 6.31. The van der Waals surface area contributed by atoms with Crippen molar-refractivity contribution in [3.8, 4) is 11.5 Å². The molecule has 2 heterocycles. The third kappa shape index (κ3) is 1.94. The fourth-order valence-corrected chi connectivity index (χ4v) is 2.48. The van der Waals surface area contributed by atoms with E-state index in [-0.39, 0.29) is 6.61 Å². The number of para-hydroxylation sites is 2. The van der Waals surface area contributed by atoms with E-state index in [1.165, 1.54) is 0 Å². The van der Waals surface area contributed by atoms with Gasteiger partial charge in [0.1, 0.15) is 13.2 Å². The zero-order chi connectivity index (χ0) is 12.4. The molecule has 1 unspecified atom stereocenters. The predicted molar refractivity (Wildman–Crippen MR) is 66.8 cm³/mol. The van der Waals surface area contributed by atoms with Gasteiger partial charge in [0.15, 0.2) is 11.5 Å². The molecule has 5 nitrogen and oxygen atoms in total. The number of nitrogens with one attached hydrogen (secondary N) is 1. The largest absolute Gasteiger partial charge is 0.484 e. The van der Waals surface area contributed by atoms with Crippen LogP contribution in [0.2, 0.25) is 0 Å². The van der Waals surface area contributed by atoms with E-state index in [0.29, 0.717) is 12.4 Å². The summed E-state index contributed by atoms with van der Waals surface area (Å²) in [5.74, 6) is 1.45. The van der Waals surface area contributed by atoms with Crippen LogP contribution < -0.4 is 14.8 Å². The van der Waals surface area contributed by atoms with Gasteiger partial charge in [-0.1, -0.05) is 12.1 Å². The van der Waals surface area contributed by atoms with Crippen LogP contribution in [0.1, 0.15) is 0 Å². The average Bonchev–Trinajstić information content (AvgIpc) is 2.47. The van der Waals surface area contributed by atoms with E-state index in [1.54, 1.807) is 0 Å². The van der Waals surface area contributed by atoms with E-state index >= 15 is 0 Å². The van der Waals surface area contributed by atoms with Crippen LogP contribution in [0.4, 0.5) is 0 Å². The smallest absolute Gasteiger partial charge is 0.220 e. The van der Waals surface area contributed by atoms with Gasteiger partial charge in [0.2, 0.25) is 5.72 Å². The average molecular weight is 250 g/mol. The molecule has 2 aliphatic rings. The van der Waals surface area contributed by atoms with Gasteiger partial charge < -0.3 is 19.9 Å². The summed E-state index contributed by atoms with van der Waals surface area (Å²) in [6, 6.07) is 7.59. The normalized spacial score (nSPS) is 28.1. The molecule has 2 N–H and O–H groups in total. The molecule has 3 rings (SSSR count). The van der Waals surface area contributed by atoms with Gasteiger partial charge >= 0.3 is 0 Å². The second-order valence-corrected chi connectivity index (χ2v) is 4.68. The van der Waals surface area contributed by atoms with Crippen molar-refractivity contribution in [1.29, 1.82) is 0 Å². The minimum Gasteiger partial charge on any atom is -0.484 e. The first kappa shape index (κ1) is 11.8. The highest BCUT2D eigenvalue weighted by Gasteiger charge is 2.43. The molecular weight excluding hydrogens is 232 g/mol. The number of hydrogen-bond donors (Lipinski definition) is 2. The summed E-state index contributed by atoms with van der Waals surface area (Å²) in [4.78, 5) is 2.15. The van der Waals surface area contributed by atoms with Crippen molar-refractivity contribution < 1.29 is 14.6 Å². The first-order chi connectivity index (χ1) is 8.84. The van der Waals surface area contributed by atoms with Crippen molar-refractivity contribution in [3.63, 3.8) is 0 Å². The van der Waals surface area contributed by atoms with E-state index < -0.39 is 5.72 Å². The van der Waals surface area contributed by atoms with Crippen molar-refractivity contribution in [1.82, 2.24) is 10.2 Å². The molecule has 1 atom stereocenters. The molecule has 2 aliphatic heterocycles. The highest BCUT2D eigenvalue weighted by molar-refractivity contribution is 5.41. The molecule has 1 aromatic rings. The van der Waals surface area contributed by atoms with E-state index in [0.717, 1.165) is 31.9 Å². The first-order valence-corrected chi connectivity index (χ1v) is 6.31. The van der Waals surface area contributed by atoms with Gasteiger partial charge in [0, 0.05) is 26.2 Å². The van der Waals surface area contributed by atoms with Crippen LogP contribution in [-0.4, -0.2) is 55.1 Å². The van der Waals surface area contributed by atoms with Crippen LogP contribution in [0.5, 0.6) is 11.5 Å². The van der Waals surface area contributed by atoms with Gasteiger partial charge in [0.25, 0.3) is 0 Å². The SMILES string of the molecule is OCC1(N2CCNCC2)COc2ccccc2O1. The number of fused-ring (bicyclic) bond motifs is 1. The van der Waals surface area contributed by atoms with Crippen molar-refractivity contribution in [2.45, 2.75) is 5.72 Å². The number of hydrogen-bond acceptors (Lipinski definition) is 5. The zero-order valence-electron chi connectivity index (χ0n) is 10.3. The van der Waals surface area contributed by atoms with E-state index in [4.69, 9.17) is 9.47 Å². The van der Waals surface area contributed by atoms with Crippen LogP contribution in [-0.2, 0) is 0 Å². The monoisotopic (exact) mass is 250 g/mol. The van der Waals surface area contributed by atoms with E-state index in [2.05, 4.69) is 10.2 Å². The zero-order valence-corrected chi connectivity index (χ0v) is 10.3. The minimum absolute atomic E-state index is 0.0681. The van der Waals surface area contributed by atoms with Gasteiger partial charge in [0.05, 0.1) is 0 Å². The van der Waals surface area contributed by atoms with Crippen LogP contribution in [0.25, 0.3) is 0 Å². The maximum absolute atomic E-state index is 9.75. The lowest BCUT2D eigenvalue weighted by Gasteiger charge is -2.46. The lowest BCUT2D eigenvalue weighted by atomic mass is 10.1. The summed E-state index contributed by atoms with van der Waals surface area (Å²) in [6.07, 6.45) is 0. The molecule has 0 aliphatic carbocycles. The predicted octanol–water partition coefficient (Wildman–Crippen LogP) is 0.0516. The Balaban J connectivity index is 1.85. The summed E-state index contributed by atoms with van der Waals surface area (Å²) in [5.41, 5.74) is -0.740. The Labute approximate surface area is 106 Å². The lowest BCUT2D eigenvalue weighted by molar-refractivity contribution is -0.156. The third-order valence-corrected chi connectivity index (χ3v) is 3.54. The molecule has 0 amide bonds. The minimum atomic E-state index is -0.740. The molecule has 18 heavy (non-hydrogen) atoms. The van der Waals surface area contributed by atoms with Gasteiger partial charge in [-0.25, -0.2) is 0 Å². The molecule has 0 radical (unpaired) electrons. The number of aliphatic hydroxyl groups excluding tert-OH is 1. The summed E-state index contributed by atoms with van der Waals surface area (Å²) in [7, 11) is 0. The quantitative estimate of drug-likeness (QED) is 0.777. The Morgan fingerprint density at radius 3 is 2.67 bits per heavy atom. The van der Waals surface area contributed by atoms with Crippen molar-refractivity contribution in [2.75, 3.05) is 39.4 Å². The topological polar surface area (TPSA) is 54.0 Å². The van der Waals surface area contributed by atoms with Gasteiger partial charge in [-0.2, -0.15) is 0 Å².